The third-order valence-electron chi connectivity index (χ3n) is 2.70. The number of ether oxygens (including phenoxy) is 1. The average Bonchev–Trinajstić information content (AvgIpc) is 2.42. The maximum absolute atomic E-state index is 13.1. The first-order valence-corrected chi connectivity index (χ1v) is 6.63. The molecule has 0 aromatic heterocycles. The van der Waals surface area contributed by atoms with Crippen molar-refractivity contribution in [3.63, 3.8) is 0 Å². The van der Waals surface area contributed by atoms with Crippen LogP contribution in [0.25, 0.3) is 0 Å². The predicted molar refractivity (Wildman–Crippen MR) is 73.5 cm³/mol. The normalized spacial score (nSPS) is 11.5. The first-order valence-electron chi connectivity index (χ1n) is 5.84. The van der Waals surface area contributed by atoms with E-state index in [4.69, 9.17) is 10.5 Å². The fraction of sp³-hybridized carbons (Fsp3) is 0.143. The Hall–Kier alpha value is -1.60. The largest absolute Gasteiger partial charge is 0.457 e. The second kappa shape index (κ2) is 6.03. The van der Waals surface area contributed by atoms with E-state index in [-0.39, 0.29) is 22.5 Å². The highest BCUT2D eigenvalue weighted by atomic mass is 79.9. The zero-order chi connectivity index (χ0) is 15.6. The van der Waals surface area contributed by atoms with Crippen LogP contribution in [0.5, 0.6) is 11.5 Å². The summed E-state index contributed by atoms with van der Waals surface area (Å²) in [5.41, 5.74) is 4.76. The lowest BCUT2D eigenvalue weighted by Crippen LogP contribution is -2.09. The molecule has 0 aliphatic rings. The van der Waals surface area contributed by atoms with Crippen molar-refractivity contribution in [2.75, 3.05) is 0 Å². The summed E-state index contributed by atoms with van der Waals surface area (Å²) in [6, 6.07) is 7.18. The molecule has 0 bridgehead atoms. The summed E-state index contributed by atoms with van der Waals surface area (Å²) in [5, 5.41) is 0. The van der Waals surface area contributed by atoms with E-state index in [9.17, 15) is 17.6 Å². The van der Waals surface area contributed by atoms with E-state index in [0.29, 0.717) is 5.56 Å². The molecular weight excluding hydrogens is 354 g/mol. The number of halogens is 5. The number of benzene rings is 2. The van der Waals surface area contributed by atoms with Gasteiger partial charge in [0.25, 0.3) is 0 Å². The number of nitrogens with two attached hydrogens (primary N) is 1. The molecule has 0 radical (unpaired) electrons. The first kappa shape index (κ1) is 15.8. The molecule has 2 N–H and O–H groups in total. The SMILES string of the molecule is NCc1ccc(Oc2ccc(F)c(Br)c2)c(C(F)(F)F)c1. The van der Waals surface area contributed by atoms with Gasteiger partial charge in [0.1, 0.15) is 17.3 Å². The highest BCUT2D eigenvalue weighted by Crippen LogP contribution is 2.39. The molecule has 0 aliphatic heterocycles. The van der Waals surface area contributed by atoms with Crippen molar-refractivity contribution < 1.29 is 22.3 Å². The van der Waals surface area contributed by atoms with Crippen molar-refractivity contribution in [3.8, 4) is 11.5 Å². The van der Waals surface area contributed by atoms with Crippen LogP contribution < -0.4 is 10.5 Å². The smallest absolute Gasteiger partial charge is 0.419 e. The molecule has 2 nitrogen and oxygen atoms in total. The fourth-order valence-electron chi connectivity index (χ4n) is 1.68. The lowest BCUT2D eigenvalue weighted by Gasteiger charge is -2.15. The van der Waals surface area contributed by atoms with Gasteiger partial charge in [-0.3, -0.25) is 0 Å². The second-order valence-electron chi connectivity index (χ2n) is 4.21. The average molecular weight is 364 g/mol. The van der Waals surface area contributed by atoms with Crippen LogP contribution in [0.1, 0.15) is 11.1 Å². The summed E-state index contributed by atoms with van der Waals surface area (Å²) in [6.07, 6.45) is -4.57. The molecular formula is C14H10BrF4NO. The predicted octanol–water partition coefficient (Wildman–Crippen LogP) is 4.86. The lowest BCUT2D eigenvalue weighted by atomic mass is 10.1. The van der Waals surface area contributed by atoms with Crippen molar-refractivity contribution in [3.05, 3.63) is 57.8 Å². The summed E-state index contributed by atoms with van der Waals surface area (Å²) in [7, 11) is 0. The Morgan fingerprint density at radius 3 is 2.38 bits per heavy atom. The van der Waals surface area contributed by atoms with E-state index in [0.717, 1.165) is 12.1 Å². The van der Waals surface area contributed by atoms with E-state index < -0.39 is 17.6 Å². The Morgan fingerprint density at radius 1 is 1.10 bits per heavy atom. The van der Waals surface area contributed by atoms with Gasteiger partial charge < -0.3 is 10.5 Å². The van der Waals surface area contributed by atoms with Gasteiger partial charge in [0, 0.05) is 6.54 Å². The van der Waals surface area contributed by atoms with Crippen LogP contribution in [0.4, 0.5) is 17.6 Å². The zero-order valence-electron chi connectivity index (χ0n) is 10.5. The second-order valence-corrected chi connectivity index (χ2v) is 5.06. The third-order valence-corrected chi connectivity index (χ3v) is 3.31. The highest BCUT2D eigenvalue weighted by Gasteiger charge is 2.34. The molecule has 0 saturated heterocycles. The molecule has 0 unspecified atom stereocenters. The van der Waals surface area contributed by atoms with Crippen LogP contribution in [-0.2, 0) is 12.7 Å². The van der Waals surface area contributed by atoms with Crippen molar-refractivity contribution in [1.82, 2.24) is 0 Å². The minimum Gasteiger partial charge on any atom is -0.457 e. The molecule has 0 heterocycles. The molecule has 7 heteroatoms. The zero-order valence-corrected chi connectivity index (χ0v) is 12.1. The maximum Gasteiger partial charge on any atom is 0.419 e. The molecule has 0 aliphatic carbocycles. The van der Waals surface area contributed by atoms with Crippen molar-refractivity contribution in [2.24, 2.45) is 5.73 Å². The quantitative estimate of drug-likeness (QED) is 0.790. The van der Waals surface area contributed by atoms with Gasteiger partial charge in [0.05, 0.1) is 10.0 Å². The van der Waals surface area contributed by atoms with Gasteiger partial charge in [0.15, 0.2) is 0 Å². The summed E-state index contributed by atoms with van der Waals surface area (Å²) in [5.74, 6) is -0.802. The van der Waals surface area contributed by atoms with Crippen LogP contribution in [-0.4, -0.2) is 0 Å². The number of hydrogen-bond acceptors (Lipinski definition) is 2. The molecule has 0 amide bonds. The van der Waals surface area contributed by atoms with Gasteiger partial charge >= 0.3 is 6.18 Å². The van der Waals surface area contributed by atoms with Gasteiger partial charge in [-0.1, -0.05) is 6.07 Å². The third kappa shape index (κ3) is 3.74. The molecule has 21 heavy (non-hydrogen) atoms. The molecule has 2 aromatic carbocycles. The number of rotatable bonds is 3. The Labute approximate surface area is 126 Å². The van der Waals surface area contributed by atoms with E-state index in [1.165, 1.54) is 24.3 Å². The molecule has 112 valence electrons. The van der Waals surface area contributed by atoms with Crippen LogP contribution in [0, 0.1) is 5.82 Å². The summed E-state index contributed by atoms with van der Waals surface area (Å²) >= 11 is 2.95. The topological polar surface area (TPSA) is 35.2 Å². The fourth-order valence-corrected chi connectivity index (χ4v) is 2.04. The molecule has 0 fully saturated rings. The van der Waals surface area contributed by atoms with Crippen molar-refractivity contribution >= 4 is 15.9 Å². The summed E-state index contributed by atoms with van der Waals surface area (Å²) < 4.78 is 57.5. The van der Waals surface area contributed by atoms with Crippen LogP contribution in [0.2, 0.25) is 0 Å². The molecule has 2 rings (SSSR count). The van der Waals surface area contributed by atoms with E-state index in [1.54, 1.807) is 0 Å². The summed E-state index contributed by atoms with van der Waals surface area (Å²) in [4.78, 5) is 0. The summed E-state index contributed by atoms with van der Waals surface area (Å²) in [6.45, 7) is -0.00848. The first-order chi connectivity index (χ1) is 9.81. The Kier molecular flexibility index (Phi) is 4.53. The van der Waals surface area contributed by atoms with Gasteiger partial charge in [-0.2, -0.15) is 13.2 Å². The Morgan fingerprint density at radius 2 is 1.81 bits per heavy atom. The van der Waals surface area contributed by atoms with Gasteiger partial charge in [-0.15, -0.1) is 0 Å². The van der Waals surface area contributed by atoms with Crippen molar-refractivity contribution in [1.29, 1.82) is 0 Å². The number of alkyl halides is 3. The highest BCUT2D eigenvalue weighted by molar-refractivity contribution is 9.10. The van der Waals surface area contributed by atoms with E-state index in [2.05, 4.69) is 15.9 Å². The van der Waals surface area contributed by atoms with Crippen LogP contribution in [0.15, 0.2) is 40.9 Å². The lowest BCUT2D eigenvalue weighted by molar-refractivity contribution is -0.138. The number of hydrogen-bond donors (Lipinski definition) is 1. The maximum atomic E-state index is 13.1. The minimum atomic E-state index is -4.57. The molecule has 0 atom stereocenters. The van der Waals surface area contributed by atoms with E-state index in [1.807, 2.05) is 0 Å². The van der Waals surface area contributed by atoms with Crippen molar-refractivity contribution in [2.45, 2.75) is 12.7 Å². The van der Waals surface area contributed by atoms with E-state index >= 15 is 0 Å². The van der Waals surface area contributed by atoms with Gasteiger partial charge in [-0.05, 0) is 51.8 Å². The Bertz CT molecular complexity index is 658. The monoisotopic (exact) mass is 363 g/mol. The van der Waals surface area contributed by atoms with Crippen LogP contribution in [0.3, 0.4) is 0 Å². The van der Waals surface area contributed by atoms with Gasteiger partial charge in [0.2, 0.25) is 0 Å². The Balaban J connectivity index is 2.41. The van der Waals surface area contributed by atoms with Gasteiger partial charge in [-0.25, -0.2) is 4.39 Å². The minimum absolute atomic E-state index is 0.00848. The molecule has 0 saturated carbocycles. The molecule has 2 aromatic rings. The molecule has 0 spiro atoms. The standard InChI is InChI=1S/C14H10BrF4NO/c15-11-6-9(2-3-12(11)16)21-13-4-1-8(7-20)5-10(13)14(17,18)19/h1-6H,7,20H2. The van der Waals surface area contributed by atoms with Crippen LogP contribution >= 0.6 is 15.9 Å².